The van der Waals surface area contributed by atoms with Crippen LogP contribution in [0.5, 0.6) is 0 Å². The Balaban J connectivity index is 2.42. The average Bonchev–Trinajstić information content (AvgIpc) is 2.41. The van der Waals surface area contributed by atoms with Crippen molar-refractivity contribution >= 4 is 0 Å². The molecule has 1 atom stereocenters. The van der Waals surface area contributed by atoms with Gasteiger partial charge in [0.2, 0.25) is 0 Å². The monoisotopic (exact) mass is 199 g/mol. The van der Waals surface area contributed by atoms with Crippen LogP contribution in [0.4, 0.5) is 0 Å². The van der Waals surface area contributed by atoms with Crippen LogP contribution in [0.3, 0.4) is 0 Å². The largest absolute Gasteiger partial charge is 0.373 e. The molecule has 0 aromatic rings. The number of likely N-dealkylation sites (N-methyl/N-ethyl adjacent to an activating group) is 1. The molecule has 0 saturated carbocycles. The van der Waals surface area contributed by atoms with Crippen molar-refractivity contribution < 1.29 is 9.47 Å². The lowest BCUT2D eigenvalue weighted by atomic mass is 10.3. The summed E-state index contributed by atoms with van der Waals surface area (Å²) in [5, 5.41) is 0. The summed E-state index contributed by atoms with van der Waals surface area (Å²) < 4.78 is 11.2. The maximum Gasteiger partial charge on any atom is 0.163 e. The third kappa shape index (κ3) is 3.00. The van der Waals surface area contributed by atoms with Crippen molar-refractivity contribution in [3.63, 3.8) is 0 Å². The van der Waals surface area contributed by atoms with E-state index in [1.165, 1.54) is 0 Å². The van der Waals surface area contributed by atoms with Gasteiger partial charge in [-0.15, -0.1) is 0 Å². The highest BCUT2D eigenvalue weighted by Gasteiger charge is 2.33. The zero-order valence-corrected chi connectivity index (χ0v) is 9.67. The van der Waals surface area contributed by atoms with Crippen LogP contribution < -0.4 is 0 Å². The van der Waals surface area contributed by atoms with E-state index in [0.29, 0.717) is 6.61 Å². The first-order valence-corrected chi connectivity index (χ1v) is 5.17. The topological polar surface area (TPSA) is 21.7 Å². The molecule has 82 valence electrons. The van der Waals surface area contributed by atoms with Crippen molar-refractivity contribution in [1.29, 1.82) is 0 Å². The second-order valence-electron chi connectivity index (χ2n) is 4.22. The van der Waals surface area contributed by atoms with Crippen LogP contribution in [0.1, 0.15) is 27.7 Å². The molecule has 1 aliphatic heterocycles. The molecule has 3 nitrogen and oxygen atoms in total. The first-order valence-electron chi connectivity index (χ1n) is 5.17. The van der Waals surface area contributed by atoms with Crippen LogP contribution in [0.2, 0.25) is 0 Å². The molecule has 0 N–H and O–H groups in total. The molecule has 0 aliphatic carbocycles. The maximum absolute atomic E-state index is 5.73. The van der Waals surface area contributed by atoms with Crippen LogP contribution in [0, 0.1) is 0 Å². The van der Waals surface area contributed by atoms with Gasteiger partial charge in [0.25, 0.3) is 0 Å². The molecule has 1 fully saturated rings. The number of ether oxygens (including phenoxy) is 2. The molecule has 14 heavy (non-hydrogen) atoms. The van der Waals surface area contributed by atoms with Crippen LogP contribution in [0.15, 0.2) is 12.3 Å². The second-order valence-corrected chi connectivity index (χ2v) is 4.22. The van der Waals surface area contributed by atoms with E-state index in [1.807, 2.05) is 20.8 Å². The van der Waals surface area contributed by atoms with Gasteiger partial charge in [0.15, 0.2) is 5.79 Å². The summed E-state index contributed by atoms with van der Waals surface area (Å²) >= 11 is 0. The highest BCUT2D eigenvalue weighted by Crippen LogP contribution is 2.23. The molecule has 0 aromatic carbocycles. The second kappa shape index (κ2) is 4.32. The minimum absolute atomic E-state index is 0.168. The molecule has 1 rings (SSSR count). The minimum atomic E-state index is -0.418. The average molecular weight is 199 g/mol. The molecule has 0 bridgehead atoms. The lowest BCUT2D eigenvalue weighted by molar-refractivity contribution is -0.139. The first-order chi connectivity index (χ1) is 6.44. The Morgan fingerprint density at radius 2 is 2.21 bits per heavy atom. The number of nitrogens with zero attached hydrogens (tertiary/aromatic N) is 1. The van der Waals surface area contributed by atoms with Crippen molar-refractivity contribution in [3.05, 3.63) is 12.3 Å². The molecular weight excluding hydrogens is 178 g/mol. The fraction of sp³-hybridized carbons (Fsp3) is 0.818. The summed E-state index contributed by atoms with van der Waals surface area (Å²) in [7, 11) is 0. The van der Waals surface area contributed by atoms with E-state index in [9.17, 15) is 0 Å². The zero-order chi connectivity index (χ0) is 10.8. The summed E-state index contributed by atoms with van der Waals surface area (Å²) in [5.74, 6) is -0.418. The van der Waals surface area contributed by atoms with E-state index in [4.69, 9.17) is 9.47 Å². The Hall–Kier alpha value is -0.540. The Bertz CT molecular complexity index is 213. The SMILES string of the molecule is C=C(C)N(CC)C[C@@H]1COC(C)(C)O1. The fourth-order valence-corrected chi connectivity index (χ4v) is 1.65. The third-order valence-electron chi connectivity index (χ3n) is 2.41. The number of allylic oxidation sites excluding steroid dienone is 1. The van der Waals surface area contributed by atoms with Gasteiger partial charge in [0, 0.05) is 18.8 Å². The zero-order valence-electron chi connectivity index (χ0n) is 9.67. The summed E-state index contributed by atoms with van der Waals surface area (Å²) in [5.41, 5.74) is 1.08. The van der Waals surface area contributed by atoms with Gasteiger partial charge in [-0.25, -0.2) is 0 Å². The van der Waals surface area contributed by atoms with Crippen LogP contribution in [0.25, 0.3) is 0 Å². The van der Waals surface area contributed by atoms with Gasteiger partial charge in [0.05, 0.1) is 6.61 Å². The van der Waals surface area contributed by atoms with Crippen molar-refractivity contribution in [3.8, 4) is 0 Å². The first kappa shape index (κ1) is 11.5. The highest BCUT2D eigenvalue weighted by atomic mass is 16.7. The van der Waals surface area contributed by atoms with Gasteiger partial charge in [-0.05, 0) is 27.7 Å². The highest BCUT2D eigenvalue weighted by molar-refractivity contribution is 4.90. The molecule has 0 unspecified atom stereocenters. The summed E-state index contributed by atoms with van der Waals surface area (Å²) in [6.45, 7) is 14.5. The molecule has 1 saturated heterocycles. The van der Waals surface area contributed by atoms with E-state index in [1.54, 1.807) is 0 Å². The normalized spacial score (nSPS) is 25.0. The van der Waals surface area contributed by atoms with Crippen LogP contribution >= 0.6 is 0 Å². The third-order valence-corrected chi connectivity index (χ3v) is 2.41. The van der Waals surface area contributed by atoms with E-state index in [-0.39, 0.29) is 6.10 Å². The smallest absolute Gasteiger partial charge is 0.163 e. The van der Waals surface area contributed by atoms with Gasteiger partial charge in [0.1, 0.15) is 6.10 Å². The predicted molar refractivity (Wildman–Crippen MR) is 57.0 cm³/mol. The fourth-order valence-electron chi connectivity index (χ4n) is 1.65. The maximum atomic E-state index is 5.73. The summed E-state index contributed by atoms with van der Waals surface area (Å²) in [4.78, 5) is 2.20. The van der Waals surface area contributed by atoms with E-state index in [2.05, 4.69) is 18.4 Å². The molecule has 0 amide bonds. The van der Waals surface area contributed by atoms with Crippen LogP contribution in [-0.4, -0.2) is 36.5 Å². The Labute approximate surface area is 86.7 Å². The molecule has 0 aromatic heterocycles. The van der Waals surface area contributed by atoms with Crippen molar-refractivity contribution in [1.82, 2.24) is 4.90 Å². The molecule has 1 heterocycles. The van der Waals surface area contributed by atoms with Crippen molar-refractivity contribution in [2.24, 2.45) is 0 Å². The summed E-state index contributed by atoms with van der Waals surface area (Å²) in [6.07, 6.45) is 0.168. The van der Waals surface area contributed by atoms with Gasteiger partial charge in [-0.3, -0.25) is 0 Å². The Kier molecular flexibility index (Phi) is 3.56. The quantitative estimate of drug-likeness (QED) is 0.691. The number of rotatable bonds is 4. The Morgan fingerprint density at radius 1 is 1.57 bits per heavy atom. The summed E-state index contributed by atoms with van der Waals surface area (Å²) in [6, 6.07) is 0. The van der Waals surface area contributed by atoms with Gasteiger partial charge in [-0.2, -0.15) is 0 Å². The standard InChI is InChI=1S/C11H21NO2/c1-6-12(9(2)3)7-10-8-13-11(4,5)14-10/h10H,2,6-8H2,1,3-5H3/t10-/m1/s1. The predicted octanol–water partition coefficient (Wildman–Crippen LogP) is 1.99. The van der Waals surface area contributed by atoms with Gasteiger partial charge >= 0.3 is 0 Å². The molecule has 3 heteroatoms. The van der Waals surface area contributed by atoms with Crippen molar-refractivity contribution in [2.45, 2.75) is 39.6 Å². The molecule has 0 radical (unpaired) electrons. The van der Waals surface area contributed by atoms with Crippen molar-refractivity contribution in [2.75, 3.05) is 19.7 Å². The lowest BCUT2D eigenvalue weighted by Gasteiger charge is -2.26. The Morgan fingerprint density at radius 3 is 2.57 bits per heavy atom. The van der Waals surface area contributed by atoms with Crippen LogP contribution in [-0.2, 0) is 9.47 Å². The lowest BCUT2D eigenvalue weighted by Crippen LogP contribution is -2.33. The number of hydrogen-bond donors (Lipinski definition) is 0. The van der Waals surface area contributed by atoms with E-state index < -0.39 is 5.79 Å². The molecule has 1 aliphatic rings. The van der Waals surface area contributed by atoms with Gasteiger partial charge < -0.3 is 14.4 Å². The molecular formula is C11H21NO2. The minimum Gasteiger partial charge on any atom is -0.373 e. The van der Waals surface area contributed by atoms with E-state index in [0.717, 1.165) is 18.8 Å². The van der Waals surface area contributed by atoms with E-state index >= 15 is 0 Å². The molecule has 0 spiro atoms. The van der Waals surface area contributed by atoms with Gasteiger partial charge in [-0.1, -0.05) is 6.58 Å². The number of hydrogen-bond acceptors (Lipinski definition) is 3.